The second-order valence-electron chi connectivity index (χ2n) is 5.75. The van der Waals surface area contributed by atoms with Crippen molar-refractivity contribution in [1.82, 2.24) is 4.90 Å². The summed E-state index contributed by atoms with van der Waals surface area (Å²) in [7, 11) is 5.89. The quantitative estimate of drug-likeness (QED) is 0.867. The summed E-state index contributed by atoms with van der Waals surface area (Å²) >= 11 is 0. The van der Waals surface area contributed by atoms with Gasteiger partial charge in [0, 0.05) is 18.0 Å². The standard InChI is InChI=1S/C15H24N2O/c1-11(16)15(5-6-15)13-7-12(10-17(2)3)8-14(9-13)18-4/h7-9,11H,5-6,10,16H2,1-4H3. The molecule has 0 bridgehead atoms. The van der Waals surface area contributed by atoms with Crippen LogP contribution in [-0.4, -0.2) is 32.1 Å². The first-order valence-corrected chi connectivity index (χ1v) is 6.57. The van der Waals surface area contributed by atoms with E-state index in [2.05, 4.69) is 44.1 Å². The van der Waals surface area contributed by atoms with Gasteiger partial charge in [0.05, 0.1) is 7.11 Å². The third-order valence-corrected chi connectivity index (χ3v) is 3.94. The van der Waals surface area contributed by atoms with Crippen LogP contribution < -0.4 is 10.5 Å². The van der Waals surface area contributed by atoms with Crippen molar-refractivity contribution in [2.75, 3.05) is 21.2 Å². The SMILES string of the molecule is COc1cc(CN(C)C)cc(C2(C(C)N)CC2)c1. The Bertz CT molecular complexity index is 423. The number of hydrogen-bond acceptors (Lipinski definition) is 3. The number of hydrogen-bond donors (Lipinski definition) is 1. The van der Waals surface area contributed by atoms with Gasteiger partial charge in [-0.1, -0.05) is 6.07 Å². The smallest absolute Gasteiger partial charge is 0.119 e. The van der Waals surface area contributed by atoms with Crippen molar-refractivity contribution in [3.63, 3.8) is 0 Å². The minimum atomic E-state index is 0.190. The first-order chi connectivity index (χ1) is 8.48. The van der Waals surface area contributed by atoms with Crippen LogP contribution in [0.4, 0.5) is 0 Å². The minimum absolute atomic E-state index is 0.190. The Morgan fingerprint density at radius 2 is 2.00 bits per heavy atom. The van der Waals surface area contributed by atoms with Gasteiger partial charge in [0.1, 0.15) is 5.75 Å². The summed E-state index contributed by atoms with van der Waals surface area (Å²) in [5.41, 5.74) is 8.98. The summed E-state index contributed by atoms with van der Waals surface area (Å²) in [6, 6.07) is 6.76. The zero-order valence-electron chi connectivity index (χ0n) is 11.9. The van der Waals surface area contributed by atoms with Crippen LogP contribution in [0, 0.1) is 0 Å². The molecular formula is C15H24N2O. The number of rotatable bonds is 5. The molecule has 1 fully saturated rings. The molecule has 1 unspecified atom stereocenters. The highest BCUT2D eigenvalue weighted by molar-refractivity contribution is 5.42. The van der Waals surface area contributed by atoms with Crippen LogP contribution in [0.15, 0.2) is 18.2 Å². The topological polar surface area (TPSA) is 38.5 Å². The monoisotopic (exact) mass is 248 g/mol. The molecule has 1 atom stereocenters. The molecule has 3 heteroatoms. The first kappa shape index (κ1) is 13.4. The zero-order valence-corrected chi connectivity index (χ0v) is 11.9. The summed E-state index contributed by atoms with van der Waals surface area (Å²) in [6.07, 6.45) is 2.39. The van der Waals surface area contributed by atoms with Gasteiger partial charge in [0.15, 0.2) is 0 Å². The van der Waals surface area contributed by atoms with E-state index in [0.717, 1.165) is 12.3 Å². The Hall–Kier alpha value is -1.06. The van der Waals surface area contributed by atoms with Gasteiger partial charge in [-0.25, -0.2) is 0 Å². The lowest BCUT2D eigenvalue weighted by atomic mass is 9.88. The average Bonchev–Trinajstić information content (AvgIpc) is 3.08. The van der Waals surface area contributed by atoms with Gasteiger partial charge in [-0.3, -0.25) is 0 Å². The van der Waals surface area contributed by atoms with Crippen LogP contribution in [0.5, 0.6) is 5.75 Å². The third kappa shape index (κ3) is 2.52. The number of nitrogens with two attached hydrogens (primary N) is 1. The lowest BCUT2D eigenvalue weighted by Crippen LogP contribution is -2.31. The molecule has 1 aromatic carbocycles. The van der Waals surface area contributed by atoms with E-state index in [1.165, 1.54) is 24.0 Å². The highest BCUT2D eigenvalue weighted by Gasteiger charge is 2.47. The van der Waals surface area contributed by atoms with Crippen LogP contribution in [-0.2, 0) is 12.0 Å². The molecule has 3 nitrogen and oxygen atoms in total. The molecule has 18 heavy (non-hydrogen) atoms. The van der Waals surface area contributed by atoms with Crippen molar-refractivity contribution in [2.45, 2.75) is 37.8 Å². The molecule has 1 aliphatic carbocycles. The Morgan fingerprint density at radius 1 is 1.33 bits per heavy atom. The normalized spacial score (nSPS) is 18.8. The Balaban J connectivity index is 2.35. The van der Waals surface area contributed by atoms with Gasteiger partial charge in [-0.2, -0.15) is 0 Å². The molecule has 0 heterocycles. The Morgan fingerprint density at radius 3 is 2.44 bits per heavy atom. The van der Waals surface area contributed by atoms with Crippen molar-refractivity contribution in [3.8, 4) is 5.75 Å². The molecule has 1 saturated carbocycles. The lowest BCUT2D eigenvalue weighted by Gasteiger charge is -2.22. The predicted octanol–water partition coefficient (Wildman–Crippen LogP) is 2.14. The number of ether oxygens (including phenoxy) is 1. The van der Waals surface area contributed by atoms with Gasteiger partial charge in [-0.15, -0.1) is 0 Å². The fourth-order valence-corrected chi connectivity index (χ4v) is 2.66. The number of benzene rings is 1. The van der Waals surface area contributed by atoms with E-state index < -0.39 is 0 Å². The summed E-state index contributed by atoms with van der Waals surface area (Å²) in [5, 5.41) is 0. The Labute approximate surface area is 110 Å². The maximum absolute atomic E-state index is 6.16. The van der Waals surface area contributed by atoms with E-state index in [9.17, 15) is 0 Å². The summed E-state index contributed by atoms with van der Waals surface area (Å²) in [6.45, 7) is 3.04. The number of nitrogens with zero attached hydrogens (tertiary/aromatic N) is 1. The molecule has 1 aromatic rings. The number of methoxy groups -OCH3 is 1. The third-order valence-electron chi connectivity index (χ3n) is 3.94. The maximum atomic E-state index is 6.16. The van der Waals surface area contributed by atoms with Crippen molar-refractivity contribution in [2.24, 2.45) is 5.73 Å². The molecule has 0 aliphatic heterocycles. The van der Waals surface area contributed by atoms with Gasteiger partial charge >= 0.3 is 0 Å². The van der Waals surface area contributed by atoms with Gasteiger partial charge in [-0.05, 0) is 57.1 Å². The molecular weight excluding hydrogens is 224 g/mol. The second kappa shape index (κ2) is 4.90. The van der Waals surface area contributed by atoms with Gasteiger partial charge < -0.3 is 15.4 Å². The van der Waals surface area contributed by atoms with Crippen LogP contribution in [0.25, 0.3) is 0 Å². The Kier molecular flexibility index (Phi) is 3.64. The fraction of sp³-hybridized carbons (Fsp3) is 0.600. The zero-order chi connectivity index (χ0) is 13.3. The van der Waals surface area contributed by atoms with Crippen LogP contribution >= 0.6 is 0 Å². The maximum Gasteiger partial charge on any atom is 0.119 e. The van der Waals surface area contributed by atoms with E-state index in [4.69, 9.17) is 10.5 Å². The van der Waals surface area contributed by atoms with Crippen LogP contribution in [0.1, 0.15) is 30.9 Å². The van der Waals surface area contributed by atoms with E-state index in [0.29, 0.717) is 0 Å². The highest BCUT2D eigenvalue weighted by atomic mass is 16.5. The van der Waals surface area contributed by atoms with E-state index in [1.54, 1.807) is 7.11 Å². The van der Waals surface area contributed by atoms with Crippen molar-refractivity contribution < 1.29 is 4.74 Å². The van der Waals surface area contributed by atoms with Gasteiger partial charge in [0.25, 0.3) is 0 Å². The average molecular weight is 248 g/mol. The minimum Gasteiger partial charge on any atom is -0.497 e. The van der Waals surface area contributed by atoms with Gasteiger partial charge in [0.2, 0.25) is 0 Å². The van der Waals surface area contributed by atoms with Crippen LogP contribution in [0.3, 0.4) is 0 Å². The van der Waals surface area contributed by atoms with E-state index in [1.807, 2.05) is 0 Å². The molecule has 0 saturated heterocycles. The molecule has 100 valence electrons. The lowest BCUT2D eigenvalue weighted by molar-refractivity contribution is 0.393. The summed E-state index contributed by atoms with van der Waals surface area (Å²) in [5.74, 6) is 0.941. The van der Waals surface area contributed by atoms with Crippen LogP contribution in [0.2, 0.25) is 0 Å². The summed E-state index contributed by atoms with van der Waals surface area (Å²) in [4.78, 5) is 2.17. The molecule has 2 N–H and O–H groups in total. The predicted molar refractivity (Wildman–Crippen MR) is 74.9 cm³/mol. The van der Waals surface area contributed by atoms with Crippen molar-refractivity contribution in [1.29, 1.82) is 0 Å². The van der Waals surface area contributed by atoms with E-state index in [-0.39, 0.29) is 11.5 Å². The second-order valence-corrected chi connectivity index (χ2v) is 5.75. The van der Waals surface area contributed by atoms with E-state index >= 15 is 0 Å². The molecule has 0 radical (unpaired) electrons. The van der Waals surface area contributed by atoms with Crippen molar-refractivity contribution >= 4 is 0 Å². The molecule has 2 rings (SSSR count). The first-order valence-electron chi connectivity index (χ1n) is 6.57. The molecule has 1 aliphatic rings. The highest BCUT2D eigenvalue weighted by Crippen LogP contribution is 2.51. The largest absolute Gasteiger partial charge is 0.497 e. The molecule has 0 aromatic heterocycles. The summed E-state index contributed by atoms with van der Waals surface area (Å²) < 4.78 is 5.42. The molecule has 0 amide bonds. The van der Waals surface area contributed by atoms with Crippen molar-refractivity contribution in [3.05, 3.63) is 29.3 Å². The molecule has 0 spiro atoms. The fourth-order valence-electron chi connectivity index (χ4n) is 2.66.